The second-order valence-electron chi connectivity index (χ2n) is 8.80. The molecule has 0 saturated carbocycles. The number of methoxy groups -OCH3 is 1. The van der Waals surface area contributed by atoms with Crippen LogP contribution in [0.4, 0.5) is 5.69 Å². The van der Waals surface area contributed by atoms with Crippen molar-refractivity contribution >= 4 is 17.5 Å². The number of fused-ring (bicyclic) bond motifs is 2. The fourth-order valence-corrected chi connectivity index (χ4v) is 4.41. The van der Waals surface area contributed by atoms with Gasteiger partial charge in [-0.15, -0.1) is 0 Å². The number of hydrogen-bond donors (Lipinski definition) is 1. The van der Waals surface area contributed by atoms with Crippen molar-refractivity contribution in [2.45, 2.75) is 39.0 Å². The fraction of sp³-hybridized carbons (Fsp3) is 0.286. The van der Waals surface area contributed by atoms with Gasteiger partial charge in [0.05, 0.1) is 13.5 Å². The van der Waals surface area contributed by atoms with Crippen molar-refractivity contribution in [2.75, 3.05) is 19.2 Å². The molecule has 8 nitrogen and oxygen atoms in total. The summed E-state index contributed by atoms with van der Waals surface area (Å²) in [5.41, 5.74) is 3.28. The number of benzene rings is 3. The zero-order chi connectivity index (χ0) is 25.1. The number of carbonyl (C=O) groups excluding carboxylic acids is 2. The standard InChI is InChI=1S/C28H28N2O6/c1-3-23-28(32)30(15-19-7-9-25-26(12-19)35-17-34-25)16-20-14-21(8-10-24(20)36-23)29-27(31)13-18-5-4-6-22(11-18)33-2/h4-12,14,23H,3,13,15-17H2,1-2H3,(H,29,31)/t23-/m1/s1. The lowest BCUT2D eigenvalue weighted by Gasteiger charge is -2.23. The molecule has 2 amide bonds. The van der Waals surface area contributed by atoms with Gasteiger partial charge in [0.1, 0.15) is 11.5 Å². The second-order valence-corrected chi connectivity index (χ2v) is 8.80. The topological polar surface area (TPSA) is 86.3 Å². The molecule has 0 bridgehead atoms. The van der Waals surface area contributed by atoms with E-state index in [9.17, 15) is 9.59 Å². The summed E-state index contributed by atoms with van der Waals surface area (Å²) < 4.78 is 22.2. The fourth-order valence-electron chi connectivity index (χ4n) is 4.41. The summed E-state index contributed by atoms with van der Waals surface area (Å²) in [6.07, 6.45) is 0.195. The molecule has 0 spiro atoms. The zero-order valence-corrected chi connectivity index (χ0v) is 20.3. The quantitative estimate of drug-likeness (QED) is 0.534. The maximum atomic E-state index is 13.3. The number of carbonyl (C=O) groups is 2. The molecule has 0 aromatic heterocycles. The Morgan fingerprint density at radius 2 is 1.86 bits per heavy atom. The molecule has 8 heteroatoms. The summed E-state index contributed by atoms with van der Waals surface area (Å²) in [4.78, 5) is 27.7. The lowest BCUT2D eigenvalue weighted by atomic mass is 10.1. The van der Waals surface area contributed by atoms with E-state index in [1.807, 2.05) is 61.5 Å². The van der Waals surface area contributed by atoms with Crippen LogP contribution < -0.4 is 24.3 Å². The first kappa shape index (κ1) is 23.5. The van der Waals surface area contributed by atoms with Crippen LogP contribution in [0.5, 0.6) is 23.0 Å². The number of nitrogens with zero attached hydrogens (tertiary/aromatic N) is 1. The summed E-state index contributed by atoms with van der Waals surface area (Å²) in [6, 6.07) is 18.6. The van der Waals surface area contributed by atoms with E-state index in [-0.39, 0.29) is 25.0 Å². The van der Waals surface area contributed by atoms with Crippen molar-refractivity contribution in [3.05, 3.63) is 77.4 Å². The maximum Gasteiger partial charge on any atom is 0.264 e. The van der Waals surface area contributed by atoms with Gasteiger partial charge in [0.2, 0.25) is 12.7 Å². The van der Waals surface area contributed by atoms with Gasteiger partial charge in [0.25, 0.3) is 5.91 Å². The smallest absolute Gasteiger partial charge is 0.264 e. The van der Waals surface area contributed by atoms with Crippen molar-refractivity contribution in [2.24, 2.45) is 0 Å². The minimum atomic E-state index is -0.575. The van der Waals surface area contributed by atoms with Crippen molar-refractivity contribution in [1.82, 2.24) is 4.90 Å². The van der Waals surface area contributed by atoms with Crippen LogP contribution in [0.25, 0.3) is 0 Å². The van der Waals surface area contributed by atoms with E-state index in [0.29, 0.717) is 48.2 Å². The molecule has 2 aliphatic heterocycles. The molecule has 0 radical (unpaired) electrons. The highest BCUT2D eigenvalue weighted by molar-refractivity contribution is 5.92. The molecule has 186 valence electrons. The van der Waals surface area contributed by atoms with Crippen LogP contribution in [0.3, 0.4) is 0 Å². The van der Waals surface area contributed by atoms with E-state index in [1.165, 1.54) is 0 Å². The van der Waals surface area contributed by atoms with E-state index < -0.39 is 6.10 Å². The van der Waals surface area contributed by atoms with Gasteiger partial charge < -0.3 is 29.2 Å². The van der Waals surface area contributed by atoms with Gasteiger partial charge in [0, 0.05) is 24.3 Å². The molecule has 5 rings (SSSR count). The van der Waals surface area contributed by atoms with Crippen molar-refractivity contribution in [3.8, 4) is 23.0 Å². The number of rotatable bonds is 7. The third-order valence-electron chi connectivity index (χ3n) is 6.24. The van der Waals surface area contributed by atoms with Crippen molar-refractivity contribution < 1.29 is 28.5 Å². The Labute approximate surface area is 209 Å². The first-order valence-electron chi connectivity index (χ1n) is 11.9. The van der Waals surface area contributed by atoms with Gasteiger partial charge in [-0.25, -0.2) is 0 Å². The van der Waals surface area contributed by atoms with Gasteiger partial charge in [-0.3, -0.25) is 9.59 Å². The van der Waals surface area contributed by atoms with Crippen LogP contribution in [0.15, 0.2) is 60.7 Å². The molecular formula is C28H28N2O6. The average molecular weight is 489 g/mol. The summed E-state index contributed by atoms with van der Waals surface area (Å²) >= 11 is 0. The SMILES string of the molecule is CC[C@H]1Oc2ccc(NC(=O)Cc3cccc(OC)c3)cc2CN(Cc2ccc3c(c2)OCO3)C1=O. The Balaban J connectivity index is 1.33. The second kappa shape index (κ2) is 10.2. The van der Waals surface area contributed by atoms with Gasteiger partial charge in [-0.2, -0.15) is 0 Å². The van der Waals surface area contributed by atoms with Gasteiger partial charge in [-0.05, 0) is 60.0 Å². The minimum Gasteiger partial charge on any atom is -0.497 e. The molecule has 2 aliphatic rings. The Kier molecular flexibility index (Phi) is 6.66. The summed E-state index contributed by atoms with van der Waals surface area (Å²) in [6.45, 7) is 2.90. The molecule has 2 heterocycles. The van der Waals surface area contributed by atoms with Crippen LogP contribution in [0.2, 0.25) is 0 Å². The van der Waals surface area contributed by atoms with Gasteiger partial charge in [0.15, 0.2) is 17.6 Å². The predicted molar refractivity (Wildman–Crippen MR) is 133 cm³/mol. The van der Waals surface area contributed by atoms with Crippen LogP contribution in [-0.2, 0) is 29.1 Å². The Bertz CT molecular complexity index is 1290. The molecular weight excluding hydrogens is 460 g/mol. The Morgan fingerprint density at radius 1 is 1.03 bits per heavy atom. The summed E-state index contributed by atoms with van der Waals surface area (Å²) in [7, 11) is 1.60. The number of anilines is 1. The highest BCUT2D eigenvalue weighted by Crippen LogP contribution is 2.34. The van der Waals surface area contributed by atoms with E-state index in [4.69, 9.17) is 18.9 Å². The van der Waals surface area contributed by atoms with E-state index in [2.05, 4.69) is 5.32 Å². The lowest BCUT2D eigenvalue weighted by molar-refractivity contribution is -0.139. The molecule has 36 heavy (non-hydrogen) atoms. The van der Waals surface area contributed by atoms with E-state index >= 15 is 0 Å². The molecule has 3 aromatic rings. The van der Waals surface area contributed by atoms with Gasteiger partial charge >= 0.3 is 0 Å². The van der Waals surface area contributed by atoms with Crippen molar-refractivity contribution in [1.29, 1.82) is 0 Å². The number of hydrogen-bond acceptors (Lipinski definition) is 6. The third kappa shape index (κ3) is 5.07. The van der Waals surface area contributed by atoms with E-state index in [0.717, 1.165) is 16.7 Å². The molecule has 1 N–H and O–H groups in total. The highest BCUT2D eigenvalue weighted by Gasteiger charge is 2.30. The Morgan fingerprint density at radius 3 is 2.69 bits per heavy atom. The van der Waals surface area contributed by atoms with Crippen molar-refractivity contribution in [3.63, 3.8) is 0 Å². The summed E-state index contributed by atoms with van der Waals surface area (Å²) in [5.74, 6) is 2.52. The highest BCUT2D eigenvalue weighted by atomic mass is 16.7. The average Bonchev–Trinajstić information content (AvgIpc) is 3.30. The zero-order valence-electron chi connectivity index (χ0n) is 20.3. The summed E-state index contributed by atoms with van der Waals surface area (Å²) in [5, 5.41) is 2.96. The largest absolute Gasteiger partial charge is 0.497 e. The number of ether oxygens (including phenoxy) is 4. The molecule has 1 atom stereocenters. The van der Waals surface area contributed by atoms with Crippen LogP contribution >= 0.6 is 0 Å². The van der Waals surface area contributed by atoms with Crippen LogP contribution in [-0.4, -0.2) is 36.7 Å². The predicted octanol–water partition coefficient (Wildman–Crippen LogP) is 4.30. The first-order chi connectivity index (χ1) is 17.5. The molecule has 0 saturated heterocycles. The molecule has 3 aromatic carbocycles. The number of amides is 2. The minimum absolute atomic E-state index is 0.0741. The van der Waals surface area contributed by atoms with E-state index in [1.54, 1.807) is 18.1 Å². The monoisotopic (exact) mass is 488 g/mol. The lowest BCUT2D eigenvalue weighted by Crippen LogP contribution is -2.38. The molecule has 0 aliphatic carbocycles. The molecule has 0 fully saturated rings. The Hall–Kier alpha value is -4.20. The van der Waals surface area contributed by atoms with Crippen LogP contribution in [0, 0.1) is 0 Å². The first-order valence-corrected chi connectivity index (χ1v) is 11.9. The normalized spacial score (nSPS) is 16.1. The van der Waals surface area contributed by atoms with Gasteiger partial charge in [-0.1, -0.05) is 25.1 Å². The third-order valence-corrected chi connectivity index (χ3v) is 6.24. The number of nitrogens with one attached hydrogen (secondary N) is 1. The van der Waals surface area contributed by atoms with Crippen LogP contribution in [0.1, 0.15) is 30.0 Å². The molecule has 0 unspecified atom stereocenters. The maximum absolute atomic E-state index is 13.3.